The van der Waals surface area contributed by atoms with Gasteiger partial charge in [0.25, 0.3) is 0 Å². The van der Waals surface area contributed by atoms with Gasteiger partial charge in [-0.3, -0.25) is 4.99 Å². The first-order valence-electron chi connectivity index (χ1n) is 6.81. The molecule has 0 amide bonds. The van der Waals surface area contributed by atoms with E-state index in [-0.39, 0.29) is 44.1 Å². The van der Waals surface area contributed by atoms with Crippen molar-refractivity contribution in [1.82, 2.24) is 0 Å². The molecule has 0 bridgehead atoms. The molecular formula is C18H12N4O2Pt. The van der Waals surface area contributed by atoms with Crippen molar-refractivity contribution < 1.29 is 31.3 Å². The van der Waals surface area contributed by atoms with Gasteiger partial charge in [0.2, 0.25) is 0 Å². The summed E-state index contributed by atoms with van der Waals surface area (Å²) in [5.41, 5.74) is 0.639. The van der Waals surface area contributed by atoms with Crippen molar-refractivity contribution in [3.05, 3.63) is 82.6 Å². The first-order chi connectivity index (χ1) is 11.7. The largest absolute Gasteiger partial charge is 0.507 e. The number of aliphatic imine (C=N–C) groups is 2. The topological polar surface area (TPSA) is 93.3 Å². The minimum atomic E-state index is -0.215. The summed E-state index contributed by atoms with van der Waals surface area (Å²) < 4.78 is 0. The van der Waals surface area contributed by atoms with Crippen LogP contribution in [0.4, 0.5) is 0 Å². The van der Waals surface area contributed by atoms with Gasteiger partial charge < -0.3 is 15.1 Å². The molecule has 0 saturated carbocycles. The van der Waals surface area contributed by atoms with Crippen LogP contribution in [0.3, 0.4) is 0 Å². The Labute approximate surface area is 159 Å². The van der Waals surface area contributed by atoms with E-state index in [2.05, 4.69) is 14.8 Å². The molecule has 6 nitrogen and oxygen atoms in total. The normalized spacial score (nSPS) is 11.4. The number of aromatic hydroxyl groups is 2. The third-order valence-corrected chi connectivity index (χ3v) is 2.96. The van der Waals surface area contributed by atoms with Gasteiger partial charge in [-0.2, -0.15) is 5.26 Å². The first kappa shape index (κ1) is 19.8. The minimum absolute atomic E-state index is 0. The second-order valence-corrected chi connectivity index (χ2v) is 4.53. The summed E-state index contributed by atoms with van der Waals surface area (Å²) in [6.45, 7) is 7.15. The van der Waals surface area contributed by atoms with Crippen LogP contribution in [-0.4, -0.2) is 22.6 Å². The van der Waals surface area contributed by atoms with Crippen LogP contribution < -0.4 is 0 Å². The summed E-state index contributed by atoms with van der Waals surface area (Å²) >= 11 is 0. The van der Waals surface area contributed by atoms with E-state index in [0.717, 1.165) is 0 Å². The van der Waals surface area contributed by atoms with Crippen LogP contribution >= 0.6 is 0 Å². The minimum Gasteiger partial charge on any atom is -0.507 e. The molecule has 0 aliphatic rings. The summed E-state index contributed by atoms with van der Waals surface area (Å²) in [6.07, 6.45) is 2.57. The molecule has 0 atom stereocenters. The van der Waals surface area contributed by atoms with Crippen LogP contribution in [-0.2, 0) is 21.1 Å². The molecule has 2 rings (SSSR count). The molecule has 0 saturated heterocycles. The Morgan fingerprint density at radius 3 is 1.88 bits per heavy atom. The maximum Gasteiger partial charge on any atom is 0.306 e. The summed E-state index contributed by atoms with van der Waals surface area (Å²) in [5, 5.41) is 28.5. The number of nitrogens with zero attached hydrogens (tertiary/aromatic N) is 4. The van der Waals surface area contributed by atoms with Crippen molar-refractivity contribution in [2.75, 3.05) is 0 Å². The van der Waals surface area contributed by atoms with Crippen LogP contribution in [0.15, 0.2) is 70.0 Å². The molecule has 0 radical (unpaired) electrons. The van der Waals surface area contributed by atoms with E-state index in [1.165, 1.54) is 24.6 Å². The molecule has 2 N–H and O–H groups in total. The number of allylic oxidation sites excluding steroid dienone is 1. The predicted molar refractivity (Wildman–Crippen MR) is 90.6 cm³/mol. The van der Waals surface area contributed by atoms with Gasteiger partial charge in [-0.1, -0.05) is 30.8 Å². The maximum atomic E-state index is 9.67. The summed E-state index contributed by atoms with van der Waals surface area (Å²) in [7, 11) is 0. The Morgan fingerprint density at radius 2 is 1.44 bits per heavy atom. The maximum absolute atomic E-state index is 9.67. The van der Waals surface area contributed by atoms with E-state index in [4.69, 9.17) is 6.57 Å². The monoisotopic (exact) mass is 511 g/mol. The van der Waals surface area contributed by atoms with Crippen molar-refractivity contribution >= 4 is 12.4 Å². The van der Waals surface area contributed by atoms with Crippen molar-refractivity contribution in [3.63, 3.8) is 0 Å². The second kappa shape index (κ2) is 9.82. The van der Waals surface area contributed by atoms with Gasteiger partial charge in [0.1, 0.15) is 23.8 Å². The molecule has 0 unspecified atom stereocenters. The molecule has 0 spiro atoms. The summed E-state index contributed by atoms with van der Waals surface area (Å²) in [6, 6.07) is 14.8. The van der Waals surface area contributed by atoms with E-state index in [1.54, 1.807) is 42.5 Å². The molecule has 7 heteroatoms. The SMILES string of the molecule is [C-]#[N+]C(/N=C/c1ccccc1O)=C(\C#N)N=Cc1ccccc1O.[Pt]. The zero-order valence-electron chi connectivity index (χ0n) is 12.8. The van der Waals surface area contributed by atoms with E-state index < -0.39 is 0 Å². The molecule has 0 aromatic heterocycles. The number of hydrogen-bond acceptors (Lipinski definition) is 5. The molecular weight excluding hydrogens is 499 g/mol. The number of phenolic OH excluding ortho intramolecular Hbond substituents is 2. The van der Waals surface area contributed by atoms with Gasteiger partial charge in [0.05, 0.1) is 5.56 Å². The fourth-order valence-electron chi connectivity index (χ4n) is 1.74. The van der Waals surface area contributed by atoms with E-state index >= 15 is 0 Å². The van der Waals surface area contributed by atoms with Gasteiger partial charge in [-0.15, -0.1) is 4.99 Å². The smallest absolute Gasteiger partial charge is 0.306 e. The third-order valence-electron chi connectivity index (χ3n) is 2.96. The summed E-state index contributed by atoms with van der Waals surface area (Å²) in [4.78, 5) is 11.0. The zero-order chi connectivity index (χ0) is 17.4. The molecule has 2 aromatic rings. The van der Waals surface area contributed by atoms with Crippen LogP contribution in [0.1, 0.15) is 11.1 Å². The molecule has 0 heterocycles. The number of hydrogen-bond donors (Lipinski definition) is 2. The van der Waals surface area contributed by atoms with Crippen molar-refractivity contribution in [2.45, 2.75) is 0 Å². The van der Waals surface area contributed by atoms with Crippen LogP contribution in [0, 0.1) is 17.9 Å². The van der Waals surface area contributed by atoms with Gasteiger partial charge >= 0.3 is 5.82 Å². The Hall–Kier alpha value is -3.21. The molecule has 0 aliphatic carbocycles. The molecule has 25 heavy (non-hydrogen) atoms. The Kier molecular flexibility index (Phi) is 7.79. The number of para-hydroxylation sites is 2. The third kappa shape index (κ3) is 5.42. The van der Waals surface area contributed by atoms with Crippen molar-refractivity contribution in [3.8, 4) is 17.6 Å². The zero-order valence-corrected chi connectivity index (χ0v) is 15.0. The van der Waals surface area contributed by atoms with Crippen molar-refractivity contribution in [2.24, 2.45) is 9.98 Å². The second-order valence-electron chi connectivity index (χ2n) is 4.53. The van der Waals surface area contributed by atoms with Crippen molar-refractivity contribution in [1.29, 1.82) is 5.26 Å². The van der Waals surface area contributed by atoms with Crippen LogP contribution in [0.25, 0.3) is 4.85 Å². The van der Waals surface area contributed by atoms with E-state index in [9.17, 15) is 15.5 Å². The number of rotatable bonds is 4. The fraction of sp³-hybridized carbons (Fsp3) is 0. The molecule has 0 fully saturated rings. The fourth-order valence-corrected chi connectivity index (χ4v) is 1.74. The average molecular weight is 511 g/mol. The van der Waals surface area contributed by atoms with E-state index in [1.807, 2.05) is 0 Å². The predicted octanol–water partition coefficient (Wildman–Crippen LogP) is 3.25. The Bertz CT molecular complexity index is 846. The molecule has 0 aliphatic heterocycles. The van der Waals surface area contributed by atoms with Gasteiger partial charge in [0, 0.05) is 32.8 Å². The Morgan fingerprint density at radius 1 is 0.960 bits per heavy atom. The average Bonchev–Trinajstić information content (AvgIpc) is 2.60. The van der Waals surface area contributed by atoms with E-state index in [0.29, 0.717) is 11.1 Å². The quantitative estimate of drug-likeness (QED) is 0.375. The molecule has 2 aromatic carbocycles. The van der Waals surface area contributed by atoms with Gasteiger partial charge in [0.15, 0.2) is 5.70 Å². The van der Waals surface area contributed by atoms with Crippen LogP contribution in [0.2, 0.25) is 0 Å². The first-order valence-corrected chi connectivity index (χ1v) is 6.81. The molecule has 126 valence electrons. The standard InChI is InChI=1S/C18H12N4O2.Pt/c1-20-18(22-12-14-7-3-5-9-17(14)24)15(10-19)21-11-13-6-2-4-8-16(13)23;/h2-9,11-12,23-24H;/b18-15-,21-11?,22-12+;. The number of phenols is 2. The summed E-state index contributed by atoms with van der Waals surface area (Å²) in [5.74, 6) is -0.185. The number of nitriles is 1. The number of benzene rings is 2. The van der Waals surface area contributed by atoms with Crippen LogP contribution in [0.5, 0.6) is 11.5 Å². The van der Waals surface area contributed by atoms with Gasteiger partial charge in [-0.05, 0) is 24.3 Å². The Balaban J connectivity index is 0.00000312. The van der Waals surface area contributed by atoms with Gasteiger partial charge in [-0.25, -0.2) is 0 Å².